The summed E-state index contributed by atoms with van der Waals surface area (Å²) in [4.78, 5) is 39.8. The number of amides is 1. The number of fused-ring (bicyclic) bond motifs is 5. The van der Waals surface area contributed by atoms with E-state index in [-0.39, 0.29) is 41.3 Å². The molecule has 1 aromatic heterocycles. The van der Waals surface area contributed by atoms with Gasteiger partial charge in [-0.25, -0.2) is 0 Å². The fraction of sp³-hybridized carbons (Fsp3) is 0.519. The summed E-state index contributed by atoms with van der Waals surface area (Å²) in [5.41, 5.74) is 1.29. The second-order valence-electron chi connectivity index (χ2n) is 10.4. The van der Waals surface area contributed by atoms with Crippen LogP contribution >= 0.6 is 0 Å². The SMILES string of the molecule is O=C1CC2(CCCCC2)Oc2cc(OCC(=O)N3C[C@@H]4C[C@H](C3)c3cccc(=O)n3C4)ccc21. The van der Waals surface area contributed by atoms with Gasteiger partial charge in [0.2, 0.25) is 0 Å². The minimum Gasteiger partial charge on any atom is -0.486 e. The number of ketones is 1. The molecule has 1 aliphatic carbocycles. The van der Waals surface area contributed by atoms with Gasteiger partial charge in [-0.05, 0) is 56.2 Å². The molecular formula is C27H30N2O5. The maximum absolute atomic E-state index is 13.0. The van der Waals surface area contributed by atoms with Crippen LogP contribution in [0.1, 0.15) is 66.9 Å². The number of carbonyl (C=O) groups excluding carboxylic acids is 2. The van der Waals surface area contributed by atoms with E-state index in [1.165, 1.54) is 6.42 Å². The minimum atomic E-state index is -0.374. The molecule has 1 amide bonds. The quantitative estimate of drug-likeness (QED) is 0.697. The van der Waals surface area contributed by atoms with Crippen molar-refractivity contribution in [1.82, 2.24) is 9.47 Å². The molecule has 0 N–H and O–H groups in total. The molecule has 4 heterocycles. The fourth-order valence-corrected chi connectivity index (χ4v) is 6.38. The van der Waals surface area contributed by atoms with Gasteiger partial charge in [-0.2, -0.15) is 0 Å². The average molecular weight is 463 g/mol. The van der Waals surface area contributed by atoms with Crippen molar-refractivity contribution < 1.29 is 19.1 Å². The van der Waals surface area contributed by atoms with Gasteiger partial charge >= 0.3 is 0 Å². The van der Waals surface area contributed by atoms with Crippen LogP contribution in [0.5, 0.6) is 11.5 Å². The minimum absolute atomic E-state index is 0.0402. The third-order valence-corrected chi connectivity index (χ3v) is 8.02. The van der Waals surface area contributed by atoms with Crippen LogP contribution in [0.25, 0.3) is 0 Å². The number of aromatic nitrogens is 1. The number of hydrogen-bond donors (Lipinski definition) is 0. The standard InChI is InChI=1S/C27H30N2O5/c30-23-13-27(9-2-1-3-10-27)34-24-12-20(7-8-21(23)24)33-17-26(32)28-14-18-11-19(16-28)22-5-4-6-25(31)29(22)15-18/h4-8,12,18-19H,1-3,9-11,13-17H2/t18-,19+/m0/s1. The first-order chi connectivity index (χ1) is 16.5. The van der Waals surface area contributed by atoms with Gasteiger partial charge in [0.1, 0.15) is 17.1 Å². The van der Waals surface area contributed by atoms with Gasteiger partial charge < -0.3 is 18.9 Å². The molecule has 0 radical (unpaired) electrons. The summed E-state index contributed by atoms with van der Waals surface area (Å²) in [6, 6.07) is 10.7. The summed E-state index contributed by atoms with van der Waals surface area (Å²) in [6.07, 6.45) is 6.65. The predicted molar refractivity (Wildman–Crippen MR) is 125 cm³/mol. The van der Waals surface area contributed by atoms with E-state index in [4.69, 9.17) is 9.47 Å². The normalized spacial score (nSPS) is 24.7. The van der Waals surface area contributed by atoms with Crippen LogP contribution < -0.4 is 15.0 Å². The van der Waals surface area contributed by atoms with Crippen molar-refractivity contribution in [1.29, 1.82) is 0 Å². The van der Waals surface area contributed by atoms with Crippen LogP contribution in [0.2, 0.25) is 0 Å². The number of benzene rings is 1. The number of pyridine rings is 1. The number of piperidine rings is 1. The second-order valence-corrected chi connectivity index (χ2v) is 10.4. The molecule has 7 nitrogen and oxygen atoms in total. The first-order valence-corrected chi connectivity index (χ1v) is 12.5. The Morgan fingerprint density at radius 2 is 1.91 bits per heavy atom. The highest BCUT2D eigenvalue weighted by molar-refractivity contribution is 6.00. The topological polar surface area (TPSA) is 77.8 Å². The molecule has 1 saturated heterocycles. The average Bonchev–Trinajstić information content (AvgIpc) is 2.83. The summed E-state index contributed by atoms with van der Waals surface area (Å²) in [7, 11) is 0. The molecule has 178 valence electrons. The third-order valence-electron chi connectivity index (χ3n) is 8.02. The Morgan fingerprint density at radius 3 is 2.76 bits per heavy atom. The highest BCUT2D eigenvalue weighted by atomic mass is 16.5. The van der Waals surface area contributed by atoms with Gasteiger partial charge in [0.15, 0.2) is 12.4 Å². The molecule has 4 aliphatic rings. The summed E-state index contributed by atoms with van der Waals surface area (Å²) in [6.45, 7) is 1.85. The largest absolute Gasteiger partial charge is 0.486 e. The van der Waals surface area contributed by atoms with Crippen molar-refractivity contribution in [2.24, 2.45) is 5.92 Å². The van der Waals surface area contributed by atoms with E-state index in [2.05, 4.69) is 0 Å². The maximum Gasteiger partial charge on any atom is 0.260 e. The summed E-state index contributed by atoms with van der Waals surface area (Å²) in [5.74, 6) is 1.66. The molecule has 3 aliphatic heterocycles. The van der Waals surface area contributed by atoms with Gasteiger partial charge in [0.05, 0.1) is 12.0 Å². The third kappa shape index (κ3) is 3.81. The monoisotopic (exact) mass is 462 g/mol. The van der Waals surface area contributed by atoms with Gasteiger partial charge in [0.25, 0.3) is 11.5 Å². The lowest BCUT2D eigenvalue weighted by molar-refractivity contribution is -0.136. The molecule has 0 unspecified atom stereocenters. The molecule has 2 atom stereocenters. The molecule has 6 rings (SSSR count). The molecule has 2 fully saturated rings. The van der Waals surface area contributed by atoms with Crippen LogP contribution in [0, 0.1) is 5.92 Å². The molecule has 1 saturated carbocycles. The number of rotatable bonds is 3. The Morgan fingerprint density at radius 1 is 1.06 bits per heavy atom. The van der Waals surface area contributed by atoms with Crippen molar-refractivity contribution in [2.75, 3.05) is 19.7 Å². The molecule has 2 aromatic rings. The number of hydrogen-bond acceptors (Lipinski definition) is 5. The van der Waals surface area contributed by atoms with E-state index in [9.17, 15) is 14.4 Å². The van der Waals surface area contributed by atoms with E-state index >= 15 is 0 Å². The Hall–Kier alpha value is -3.09. The van der Waals surface area contributed by atoms with Crippen LogP contribution in [0.15, 0.2) is 41.2 Å². The van der Waals surface area contributed by atoms with Gasteiger partial charge in [-0.3, -0.25) is 14.4 Å². The lowest BCUT2D eigenvalue weighted by Gasteiger charge is -2.42. The lowest BCUT2D eigenvalue weighted by atomic mass is 9.78. The van der Waals surface area contributed by atoms with Crippen LogP contribution in [0.4, 0.5) is 0 Å². The molecule has 34 heavy (non-hydrogen) atoms. The lowest BCUT2D eigenvalue weighted by Crippen LogP contribution is -2.50. The van der Waals surface area contributed by atoms with E-state index in [0.29, 0.717) is 43.1 Å². The van der Waals surface area contributed by atoms with Crippen LogP contribution in [0.3, 0.4) is 0 Å². The van der Waals surface area contributed by atoms with E-state index in [1.807, 2.05) is 15.5 Å². The van der Waals surface area contributed by atoms with Crippen molar-refractivity contribution in [3.63, 3.8) is 0 Å². The highest BCUT2D eigenvalue weighted by Crippen LogP contribution is 2.43. The van der Waals surface area contributed by atoms with Gasteiger partial charge in [-0.15, -0.1) is 0 Å². The van der Waals surface area contributed by atoms with E-state index < -0.39 is 0 Å². The zero-order valence-electron chi connectivity index (χ0n) is 19.3. The zero-order chi connectivity index (χ0) is 23.3. The van der Waals surface area contributed by atoms with Gasteiger partial charge in [0, 0.05) is 43.4 Å². The van der Waals surface area contributed by atoms with Crippen molar-refractivity contribution in [2.45, 2.75) is 63.0 Å². The van der Waals surface area contributed by atoms with Gasteiger partial charge in [-0.1, -0.05) is 12.5 Å². The Bertz CT molecular complexity index is 1200. The molecule has 1 aromatic carbocycles. The summed E-state index contributed by atoms with van der Waals surface area (Å²) in [5, 5.41) is 0. The van der Waals surface area contributed by atoms with E-state index in [0.717, 1.165) is 37.8 Å². The molecular weight excluding hydrogens is 432 g/mol. The van der Waals surface area contributed by atoms with Crippen LogP contribution in [-0.2, 0) is 11.3 Å². The Kier molecular flexibility index (Phi) is 5.23. The highest BCUT2D eigenvalue weighted by Gasteiger charge is 2.41. The maximum atomic E-state index is 13.0. The first kappa shape index (κ1) is 21.4. The summed E-state index contributed by atoms with van der Waals surface area (Å²) < 4.78 is 14.1. The number of nitrogens with zero attached hydrogens (tertiary/aromatic N) is 2. The van der Waals surface area contributed by atoms with Crippen molar-refractivity contribution in [3.8, 4) is 11.5 Å². The number of Topliss-reactive ketones (excluding diaryl/α,β-unsaturated/α-hetero) is 1. The predicted octanol–water partition coefficient (Wildman–Crippen LogP) is 3.54. The summed E-state index contributed by atoms with van der Waals surface area (Å²) >= 11 is 0. The molecule has 2 bridgehead atoms. The van der Waals surface area contributed by atoms with Crippen LogP contribution in [-0.4, -0.2) is 46.5 Å². The molecule has 7 heteroatoms. The van der Waals surface area contributed by atoms with E-state index in [1.54, 1.807) is 30.3 Å². The Labute approximate surface area is 198 Å². The fourth-order valence-electron chi connectivity index (χ4n) is 6.38. The zero-order valence-corrected chi connectivity index (χ0v) is 19.3. The van der Waals surface area contributed by atoms with Crippen molar-refractivity contribution >= 4 is 11.7 Å². The Balaban J connectivity index is 1.13. The second kappa shape index (κ2) is 8.29. The number of likely N-dealkylation sites (tertiary alicyclic amines) is 1. The smallest absolute Gasteiger partial charge is 0.260 e. The molecule has 1 spiro atoms. The first-order valence-electron chi connectivity index (χ1n) is 12.5. The number of ether oxygens (including phenoxy) is 2. The number of carbonyl (C=O) groups is 2. The van der Waals surface area contributed by atoms with Crippen molar-refractivity contribution in [3.05, 3.63) is 58.0 Å².